The van der Waals surface area contributed by atoms with Crippen LogP contribution in [-0.4, -0.2) is 12.5 Å². The van der Waals surface area contributed by atoms with E-state index in [-0.39, 0.29) is 11.8 Å². The lowest BCUT2D eigenvalue weighted by Crippen LogP contribution is -2.24. The van der Waals surface area contributed by atoms with Crippen molar-refractivity contribution in [1.29, 1.82) is 0 Å². The van der Waals surface area contributed by atoms with Gasteiger partial charge >= 0.3 is 0 Å². The Morgan fingerprint density at radius 2 is 1.95 bits per heavy atom. The summed E-state index contributed by atoms with van der Waals surface area (Å²) in [4.78, 5) is 14.0. The first-order valence-corrected chi connectivity index (χ1v) is 7.10. The molecule has 2 aromatic carbocycles. The first kappa shape index (κ1) is 12.4. The van der Waals surface area contributed by atoms with Crippen LogP contribution in [0.5, 0.6) is 0 Å². The molecule has 1 amide bonds. The summed E-state index contributed by atoms with van der Waals surface area (Å²) in [5.74, 6) is 0.437. The van der Waals surface area contributed by atoms with Crippen LogP contribution in [0.2, 0.25) is 0 Å². The molecule has 2 aromatic rings. The smallest absolute Gasteiger partial charge is 0.227 e. The summed E-state index contributed by atoms with van der Waals surface area (Å²) in [6, 6.07) is 12.2. The topological polar surface area (TPSA) is 20.3 Å². The van der Waals surface area contributed by atoms with E-state index in [4.69, 9.17) is 0 Å². The Morgan fingerprint density at radius 1 is 1.21 bits per heavy atom. The van der Waals surface area contributed by atoms with Crippen molar-refractivity contribution in [1.82, 2.24) is 0 Å². The molecule has 19 heavy (non-hydrogen) atoms. The second-order valence-electron chi connectivity index (χ2n) is 4.82. The van der Waals surface area contributed by atoms with Crippen LogP contribution in [0.1, 0.15) is 6.42 Å². The number of fused-ring (bicyclic) bond motifs is 1. The summed E-state index contributed by atoms with van der Waals surface area (Å²) in [5.41, 5.74) is 0.994. The summed E-state index contributed by atoms with van der Waals surface area (Å²) < 4.78 is 1.05. The highest BCUT2D eigenvalue weighted by atomic mass is 79.9. The zero-order chi connectivity index (χ0) is 13.4. The Morgan fingerprint density at radius 3 is 2.63 bits per heavy atom. The zero-order valence-corrected chi connectivity index (χ0v) is 12.1. The van der Waals surface area contributed by atoms with Gasteiger partial charge in [0.1, 0.15) is 0 Å². The normalized spacial score (nSPS) is 19.1. The minimum Gasteiger partial charge on any atom is -0.311 e. The average molecular weight is 316 g/mol. The molecule has 0 spiro atoms. The van der Waals surface area contributed by atoms with Crippen molar-refractivity contribution >= 4 is 38.3 Å². The van der Waals surface area contributed by atoms with Crippen molar-refractivity contribution < 1.29 is 4.79 Å². The molecule has 1 aliphatic rings. The van der Waals surface area contributed by atoms with E-state index in [1.807, 2.05) is 35.2 Å². The molecule has 1 unspecified atom stereocenters. The Balaban J connectivity index is 2.14. The molecule has 3 rings (SSSR count). The summed E-state index contributed by atoms with van der Waals surface area (Å²) in [5, 5.41) is 2.24. The summed E-state index contributed by atoms with van der Waals surface area (Å²) in [6.07, 6.45) is 2.44. The maximum Gasteiger partial charge on any atom is 0.227 e. The van der Waals surface area contributed by atoms with E-state index in [9.17, 15) is 4.79 Å². The fourth-order valence-corrected chi connectivity index (χ4v) is 3.09. The molecule has 0 aromatic heterocycles. The lowest BCUT2D eigenvalue weighted by atomic mass is 10.1. The highest BCUT2D eigenvalue weighted by Crippen LogP contribution is 2.35. The van der Waals surface area contributed by atoms with Gasteiger partial charge in [-0.3, -0.25) is 4.79 Å². The molecule has 1 aliphatic heterocycles. The summed E-state index contributed by atoms with van der Waals surface area (Å²) in [7, 11) is 0. The lowest BCUT2D eigenvalue weighted by molar-refractivity contribution is -0.117. The Hall–Kier alpha value is -1.61. The fraction of sp³-hybridized carbons (Fsp3) is 0.188. The van der Waals surface area contributed by atoms with Crippen molar-refractivity contribution in [2.45, 2.75) is 6.42 Å². The van der Waals surface area contributed by atoms with Gasteiger partial charge in [0.05, 0.1) is 5.69 Å². The van der Waals surface area contributed by atoms with Crippen LogP contribution in [0.15, 0.2) is 53.5 Å². The van der Waals surface area contributed by atoms with Crippen LogP contribution >= 0.6 is 15.9 Å². The van der Waals surface area contributed by atoms with Gasteiger partial charge < -0.3 is 4.90 Å². The van der Waals surface area contributed by atoms with E-state index in [1.165, 1.54) is 0 Å². The van der Waals surface area contributed by atoms with Crippen LogP contribution in [-0.2, 0) is 4.79 Å². The molecule has 0 bridgehead atoms. The number of carbonyl (C=O) groups is 1. The molecule has 3 heteroatoms. The van der Waals surface area contributed by atoms with Gasteiger partial charge in [0, 0.05) is 28.7 Å². The van der Waals surface area contributed by atoms with Crippen molar-refractivity contribution in [3.63, 3.8) is 0 Å². The summed E-state index contributed by atoms with van der Waals surface area (Å²) >= 11 is 3.56. The zero-order valence-electron chi connectivity index (χ0n) is 10.5. The Labute approximate surface area is 120 Å². The minimum absolute atomic E-state index is 0.178. The van der Waals surface area contributed by atoms with Crippen LogP contribution in [0.3, 0.4) is 0 Å². The predicted octanol–water partition coefficient (Wildman–Crippen LogP) is 4.14. The Bertz CT molecular complexity index is 665. The summed E-state index contributed by atoms with van der Waals surface area (Å²) in [6.45, 7) is 4.53. The lowest BCUT2D eigenvalue weighted by Gasteiger charge is -2.19. The standard InChI is InChI=1S/C16H14BrNO/c1-2-11-9-16(19)18(10-11)15-8-7-14(17)12-5-3-4-6-13(12)15/h2-8,11H,1,9-10H2. The second kappa shape index (κ2) is 4.82. The number of halogens is 1. The number of anilines is 1. The maximum absolute atomic E-state index is 12.1. The second-order valence-corrected chi connectivity index (χ2v) is 5.67. The molecule has 1 atom stereocenters. The van der Waals surface area contributed by atoms with Crippen molar-refractivity contribution in [3.05, 3.63) is 53.5 Å². The van der Waals surface area contributed by atoms with Gasteiger partial charge in [0.2, 0.25) is 5.91 Å². The van der Waals surface area contributed by atoms with Gasteiger partial charge in [-0.25, -0.2) is 0 Å². The van der Waals surface area contributed by atoms with E-state index in [2.05, 4.69) is 34.6 Å². The quantitative estimate of drug-likeness (QED) is 0.763. The monoisotopic (exact) mass is 315 g/mol. The first-order chi connectivity index (χ1) is 9.20. The highest BCUT2D eigenvalue weighted by molar-refractivity contribution is 9.10. The molecular formula is C16H14BrNO. The van der Waals surface area contributed by atoms with E-state index in [0.717, 1.165) is 27.5 Å². The first-order valence-electron chi connectivity index (χ1n) is 6.31. The van der Waals surface area contributed by atoms with Gasteiger partial charge in [-0.2, -0.15) is 0 Å². The number of hydrogen-bond acceptors (Lipinski definition) is 1. The Kier molecular flexibility index (Phi) is 3.15. The molecule has 1 heterocycles. The van der Waals surface area contributed by atoms with Crippen LogP contribution < -0.4 is 4.90 Å². The van der Waals surface area contributed by atoms with Crippen LogP contribution in [0.4, 0.5) is 5.69 Å². The van der Waals surface area contributed by atoms with E-state index in [0.29, 0.717) is 6.42 Å². The van der Waals surface area contributed by atoms with E-state index >= 15 is 0 Å². The third-order valence-corrected chi connectivity index (χ3v) is 4.32. The number of hydrogen-bond donors (Lipinski definition) is 0. The highest BCUT2D eigenvalue weighted by Gasteiger charge is 2.29. The van der Waals surface area contributed by atoms with Crippen molar-refractivity contribution in [2.75, 3.05) is 11.4 Å². The molecule has 0 N–H and O–H groups in total. The van der Waals surface area contributed by atoms with Crippen LogP contribution in [0.25, 0.3) is 10.8 Å². The molecule has 0 radical (unpaired) electrons. The van der Waals surface area contributed by atoms with E-state index < -0.39 is 0 Å². The van der Waals surface area contributed by atoms with E-state index in [1.54, 1.807) is 0 Å². The number of nitrogens with zero attached hydrogens (tertiary/aromatic N) is 1. The minimum atomic E-state index is 0.178. The number of amides is 1. The number of rotatable bonds is 2. The largest absolute Gasteiger partial charge is 0.311 e. The molecule has 2 nitrogen and oxygen atoms in total. The molecule has 1 fully saturated rings. The maximum atomic E-state index is 12.1. The number of carbonyl (C=O) groups excluding carboxylic acids is 1. The molecule has 1 saturated heterocycles. The van der Waals surface area contributed by atoms with Gasteiger partial charge in [0.25, 0.3) is 0 Å². The molecule has 0 saturated carbocycles. The average Bonchev–Trinajstić information content (AvgIpc) is 2.81. The van der Waals surface area contributed by atoms with Gasteiger partial charge in [-0.1, -0.05) is 46.3 Å². The third kappa shape index (κ3) is 2.08. The van der Waals surface area contributed by atoms with Gasteiger partial charge in [-0.05, 0) is 17.5 Å². The van der Waals surface area contributed by atoms with Crippen LogP contribution in [0, 0.1) is 5.92 Å². The van der Waals surface area contributed by atoms with Gasteiger partial charge in [-0.15, -0.1) is 6.58 Å². The van der Waals surface area contributed by atoms with Crippen molar-refractivity contribution in [3.8, 4) is 0 Å². The molecule has 96 valence electrons. The van der Waals surface area contributed by atoms with Crippen molar-refractivity contribution in [2.24, 2.45) is 5.92 Å². The molecular weight excluding hydrogens is 302 g/mol. The third-order valence-electron chi connectivity index (χ3n) is 3.63. The number of benzene rings is 2. The SMILES string of the molecule is C=CC1CC(=O)N(c2ccc(Br)c3ccccc23)C1. The van der Waals surface area contributed by atoms with Gasteiger partial charge in [0.15, 0.2) is 0 Å². The molecule has 0 aliphatic carbocycles. The fourth-order valence-electron chi connectivity index (χ4n) is 2.61. The predicted molar refractivity (Wildman–Crippen MR) is 82.3 cm³/mol.